The van der Waals surface area contributed by atoms with Crippen LogP contribution in [0, 0.1) is 0 Å². The molecule has 0 bridgehead atoms. The maximum Gasteiger partial charge on any atom is 0.313 e. The molecular formula is C14H20N2O4S. The molecule has 1 aliphatic heterocycles. The number of carboxylic acids is 1. The fraction of sp³-hybridized carbons (Fsp3) is 0.500. The third-order valence-corrected chi connectivity index (χ3v) is 5.74. The van der Waals surface area contributed by atoms with Crippen molar-refractivity contribution in [3.8, 4) is 0 Å². The number of sulfonamides is 1. The molecule has 1 saturated heterocycles. The SMILES string of the molecule is CC(C)(C(=O)O)c1ccc(S(=O)(=O)N2CCNCC2)cc1. The molecule has 0 radical (unpaired) electrons. The van der Waals surface area contributed by atoms with E-state index in [1.165, 1.54) is 16.4 Å². The van der Waals surface area contributed by atoms with Crippen molar-refractivity contribution in [3.63, 3.8) is 0 Å². The highest BCUT2D eigenvalue weighted by atomic mass is 32.2. The van der Waals surface area contributed by atoms with Crippen LogP contribution >= 0.6 is 0 Å². The second-order valence-electron chi connectivity index (χ2n) is 5.61. The molecule has 1 aromatic carbocycles. The summed E-state index contributed by atoms with van der Waals surface area (Å²) in [5.41, 5.74) is -0.466. The molecule has 2 N–H and O–H groups in total. The van der Waals surface area contributed by atoms with E-state index in [2.05, 4.69) is 5.32 Å². The summed E-state index contributed by atoms with van der Waals surface area (Å²) < 4.78 is 26.4. The number of carbonyl (C=O) groups is 1. The summed E-state index contributed by atoms with van der Waals surface area (Å²) in [5, 5.41) is 12.3. The highest BCUT2D eigenvalue weighted by Crippen LogP contribution is 2.25. The van der Waals surface area contributed by atoms with Crippen molar-refractivity contribution in [1.29, 1.82) is 0 Å². The highest BCUT2D eigenvalue weighted by molar-refractivity contribution is 7.89. The van der Waals surface area contributed by atoms with Crippen LogP contribution in [0.4, 0.5) is 0 Å². The van der Waals surface area contributed by atoms with Gasteiger partial charge in [-0.2, -0.15) is 4.31 Å². The van der Waals surface area contributed by atoms with Crippen LogP contribution in [0.2, 0.25) is 0 Å². The lowest BCUT2D eigenvalue weighted by molar-refractivity contribution is -0.142. The van der Waals surface area contributed by atoms with E-state index in [9.17, 15) is 18.3 Å². The third-order valence-electron chi connectivity index (χ3n) is 3.82. The molecule has 1 heterocycles. The summed E-state index contributed by atoms with van der Waals surface area (Å²) in [5.74, 6) is -0.944. The van der Waals surface area contributed by atoms with Gasteiger partial charge in [0.05, 0.1) is 10.3 Å². The third kappa shape index (κ3) is 3.09. The number of hydrogen-bond donors (Lipinski definition) is 2. The van der Waals surface area contributed by atoms with Gasteiger partial charge in [0.15, 0.2) is 0 Å². The molecule has 0 atom stereocenters. The molecule has 1 aliphatic rings. The van der Waals surface area contributed by atoms with Gasteiger partial charge in [0, 0.05) is 26.2 Å². The fourth-order valence-corrected chi connectivity index (χ4v) is 3.64. The van der Waals surface area contributed by atoms with Gasteiger partial charge in [0.2, 0.25) is 10.0 Å². The highest BCUT2D eigenvalue weighted by Gasteiger charge is 2.30. The smallest absolute Gasteiger partial charge is 0.313 e. The minimum atomic E-state index is -3.50. The van der Waals surface area contributed by atoms with Crippen LogP contribution < -0.4 is 5.32 Å². The van der Waals surface area contributed by atoms with Crippen molar-refractivity contribution < 1.29 is 18.3 Å². The van der Waals surface area contributed by atoms with Crippen LogP contribution in [0.15, 0.2) is 29.2 Å². The van der Waals surface area contributed by atoms with Gasteiger partial charge in [-0.15, -0.1) is 0 Å². The van der Waals surface area contributed by atoms with Gasteiger partial charge in [-0.05, 0) is 31.5 Å². The summed E-state index contributed by atoms with van der Waals surface area (Å²) >= 11 is 0. The Kier molecular flexibility index (Phi) is 4.36. The standard InChI is InChI=1S/C14H20N2O4S/c1-14(2,13(17)18)11-3-5-12(6-4-11)21(19,20)16-9-7-15-8-10-16/h3-6,15H,7-10H2,1-2H3,(H,17,18). The summed E-state index contributed by atoms with van der Waals surface area (Å²) in [4.78, 5) is 11.4. The molecule has 6 nitrogen and oxygen atoms in total. The topological polar surface area (TPSA) is 86.7 Å². The normalized spacial score (nSPS) is 17.6. The van der Waals surface area contributed by atoms with E-state index in [1.807, 2.05) is 0 Å². The lowest BCUT2D eigenvalue weighted by Crippen LogP contribution is -2.46. The second kappa shape index (κ2) is 5.75. The van der Waals surface area contributed by atoms with E-state index in [0.717, 1.165) is 0 Å². The molecule has 0 aliphatic carbocycles. The van der Waals surface area contributed by atoms with E-state index in [1.54, 1.807) is 26.0 Å². The Hall–Kier alpha value is -1.44. The summed E-state index contributed by atoms with van der Waals surface area (Å²) in [6.45, 7) is 5.37. The molecule has 1 fully saturated rings. The molecule has 0 aromatic heterocycles. The Labute approximate surface area is 124 Å². The minimum absolute atomic E-state index is 0.203. The zero-order chi connectivity index (χ0) is 15.7. The first-order chi connectivity index (χ1) is 9.76. The first-order valence-corrected chi connectivity index (χ1v) is 8.25. The van der Waals surface area contributed by atoms with E-state index in [-0.39, 0.29) is 4.90 Å². The number of rotatable bonds is 4. The molecule has 2 rings (SSSR count). The van der Waals surface area contributed by atoms with Crippen LogP contribution in [0.3, 0.4) is 0 Å². The van der Waals surface area contributed by atoms with Gasteiger partial charge in [-0.3, -0.25) is 4.79 Å². The number of nitrogens with one attached hydrogen (secondary N) is 1. The quantitative estimate of drug-likeness (QED) is 0.852. The molecule has 0 spiro atoms. The number of hydrogen-bond acceptors (Lipinski definition) is 4. The second-order valence-corrected chi connectivity index (χ2v) is 7.55. The number of piperazine rings is 1. The number of carboxylic acid groups (broad SMARTS) is 1. The van der Waals surface area contributed by atoms with Gasteiger partial charge in [0.1, 0.15) is 0 Å². The molecule has 116 valence electrons. The number of nitrogens with zero attached hydrogens (tertiary/aromatic N) is 1. The Balaban J connectivity index is 2.28. The van der Waals surface area contributed by atoms with E-state index >= 15 is 0 Å². The van der Waals surface area contributed by atoms with Gasteiger partial charge in [-0.25, -0.2) is 8.42 Å². The van der Waals surface area contributed by atoms with Crippen molar-refractivity contribution in [2.75, 3.05) is 26.2 Å². The average Bonchev–Trinajstić information content (AvgIpc) is 2.48. The minimum Gasteiger partial charge on any atom is -0.481 e. The molecular weight excluding hydrogens is 292 g/mol. The summed E-state index contributed by atoms with van der Waals surface area (Å²) in [6.07, 6.45) is 0. The van der Waals surface area contributed by atoms with Gasteiger partial charge >= 0.3 is 5.97 Å². The van der Waals surface area contributed by atoms with Crippen molar-refractivity contribution >= 4 is 16.0 Å². The van der Waals surface area contributed by atoms with Gasteiger partial charge < -0.3 is 10.4 Å². The van der Waals surface area contributed by atoms with Crippen molar-refractivity contribution in [2.45, 2.75) is 24.2 Å². The van der Waals surface area contributed by atoms with Crippen molar-refractivity contribution in [3.05, 3.63) is 29.8 Å². The van der Waals surface area contributed by atoms with E-state index in [4.69, 9.17) is 0 Å². The predicted octanol–water partition coefficient (Wildman–Crippen LogP) is 0.643. The maximum absolute atomic E-state index is 12.5. The van der Waals surface area contributed by atoms with E-state index < -0.39 is 21.4 Å². The van der Waals surface area contributed by atoms with Gasteiger partial charge in [-0.1, -0.05) is 12.1 Å². The zero-order valence-electron chi connectivity index (χ0n) is 12.2. The maximum atomic E-state index is 12.5. The Morgan fingerprint density at radius 3 is 2.19 bits per heavy atom. The molecule has 1 aromatic rings. The van der Waals surface area contributed by atoms with Crippen LogP contribution in [0.5, 0.6) is 0 Å². The number of benzene rings is 1. The summed E-state index contributed by atoms with van der Waals surface area (Å²) in [6, 6.07) is 6.11. The lowest BCUT2D eigenvalue weighted by atomic mass is 9.85. The average molecular weight is 312 g/mol. The molecule has 0 unspecified atom stereocenters. The molecule has 0 saturated carbocycles. The lowest BCUT2D eigenvalue weighted by Gasteiger charge is -2.27. The van der Waals surface area contributed by atoms with Crippen LogP contribution in [-0.2, 0) is 20.2 Å². The van der Waals surface area contributed by atoms with Crippen LogP contribution in [0.1, 0.15) is 19.4 Å². The van der Waals surface area contributed by atoms with E-state index in [0.29, 0.717) is 31.7 Å². The molecule has 21 heavy (non-hydrogen) atoms. The monoisotopic (exact) mass is 312 g/mol. The Bertz CT molecular complexity index is 617. The zero-order valence-corrected chi connectivity index (χ0v) is 13.0. The largest absolute Gasteiger partial charge is 0.481 e. The predicted molar refractivity (Wildman–Crippen MR) is 78.7 cm³/mol. The molecule has 7 heteroatoms. The van der Waals surface area contributed by atoms with Crippen LogP contribution in [-0.4, -0.2) is 50.0 Å². The van der Waals surface area contributed by atoms with Crippen LogP contribution in [0.25, 0.3) is 0 Å². The first-order valence-electron chi connectivity index (χ1n) is 6.81. The molecule has 0 amide bonds. The Morgan fingerprint density at radius 2 is 1.71 bits per heavy atom. The van der Waals surface area contributed by atoms with Gasteiger partial charge in [0.25, 0.3) is 0 Å². The fourth-order valence-electron chi connectivity index (χ4n) is 2.20. The van der Waals surface area contributed by atoms with Crippen molar-refractivity contribution in [1.82, 2.24) is 9.62 Å². The van der Waals surface area contributed by atoms with Crippen molar-refractivity contribution in [2.24, 2.45) is 0 Å². The first kappa shape index (κ1) is 15.9. The Morgan fingerprint density at radius 1 is 1.19 bits per heavy atom. The summed E-state index contributed by atoms with van der Waals surface area (Å²) in [7, 11) is -3.50. The number of aliphatic carboxylic acids is 1.